The van der Waals surface area contributed by atoms with Crippen molar-refractivity contribution in [1.82, 2.24) is 0 Å². The summed E-state index contributed by atoms with van der Waals surface area (Å²) in [5, 5.41) is 11.1. The number of hydrogen-bond acceptors (Lipinski definition) is 3. The average molecular weight is 268 g/mol. The van der Waals surface area contributed by atoms with Crippen molar-refractivity contribution < 1.29 is 22.1 Å². The first kappa shape index (κ1) is 13.8. The molecule has 0 amide bonds. The number of halogens is 3. The molecular formula is C9H11F3N2O2S. The second-order valence-corrected chi connectivity index (χ2v) is 6.11. The zero-order valence-electron chi connectivity index (χ0n) is 9.19. The van der Waals surface area contributed by atoms with E-state index in [0.29, 0.717) is 6.07 Å². The molecule has 1 heterocycles. The van der Waals surface area contributed by atoms with Gasteiger partial charge in [0, 0.05) is 34.7 Å². The van der Waals surface area contributed by atoms with Gasteiger partial charge in [-0.2, -0.15) is 17.9 Å². The molecule has 1 aromatic heterocycles. The van der Waals surface area contributed by atoms with Crippen LogP contribution in [0.1, 0.15) is 11.3 Å². The average Bonchev–Trinajstić information content (AvgIpc) is 2.15. The molecule has 1 atom stereocenters. The van der Waals surface area contributed by atoms with Crippen molar-refractivity contribution in [1.29, 1.82) is 0 Å². The fraction of sp³-hybridized carbons (Fsp3) is 0.444. The lowest BCUT2D eigenvalue weighted by atomic mass is 10.2. The van der Waals surface area contributed by atoms with Gasteiger partial charge in [-0.25, -0.2) is 8.57 Å². The standard InChI is InChI=1S/C9H11F3N2O2S/c1-13-17(2,16)6-7-3-4-8(9(10,11)12)14(15)5-7/h3-5H,6H2,1-2H3. The van der Waals surface area contributed by atoms with Gasteiger partial charge >= 0.3 is 6.18 Å². The highest BCUT2D eigenvalue weighted by Crippen LogP contribution is 2.26. The zero-order chi connectivity index (χ0) is 13.3. The lowest BCUT2D eigenvalue weighted by molar-refractivity contribution is -0.629. The largest absolute Gasteiger partial charge is 0.618 e. The number of aromatic nitrogens is 1. The molecule has 0 aliphatic heterocycles. The van der Waals surface area contributed by atoms with Crippen molar-refractivity contribution >= 4 is 9.73 Å². The normalized spacial score (nSPS) is 15.4. The molecule has 0 aromatic carbocycles. The maximum Gasteiger partial charge on any atom is 0.478 e. The maximum atomic E-state index is 12.3. The smallest absolute Gasteiger partial charge is 0.478 e. The molecule has 0 saturated heterocycles. The number of rotatable bonds is 2. The summed E-state index contributed by atoms with van der Waals surface area (Å²) in [6, 6.07) is 1.80. The van der Waals surface area contributed by atoms with Gasteiger partial charge in [0.25, 0.3) is 5.69 Å². The molecule has 96 valence electrons. The molecule has 0 N–H and O–H groups in total. The molecule has 0 saturated carbocycles. The van der Waals surface area contributed by atoms with Gasteiger partial charge in [-0.15, -0.1) is 0 Å². The van der Waals surface area contributed by atoms with E-state index in [9.17, 15) is 22.6 Å². The first-order valence-corrected chi connectivity index (χ1v) is 6.62. The highest BCUT2D eigenvalue weighted by molar-refractivity contribution is 7.92. The Morgan fingerprint density at radius 3 is 2.47 bits per heavy atom. The van der Waals surface area contributed by atoms with Gasteiger partial charge in [0.1, 0.15) is 0 Å². The van der Waals surface area contributed by atoms with E-state index in [1.807, 2.05) is 0 Å². The molecule has 8 heteroatoms. The van der Waals surface area contributed by atoms with E-state index in [1.54, 1.807) is 0 Å². The van der Waals surface area contributed by atoms with Crippen molar-refractivity contribution in [3.05, 3.63) is 34.8 Å². The van der Waals surface area contributed by atoms with Crippen LogP contribution in [0.15, 0.2) is 22.7 Å². The molecule has 0 spiro atoms. The van der Waals surface area contributed by atoms with E-state index >= 15 is 0 Å². The van der Waals surface area contributed by atoms with Gasteiger partial charge < -0.3 is 5.21 Å². The van der Waals surface area contributed by atoms with Crippen LogP contribution >= 0.6 is 0 Å². The van der Waals surface area contributed by atoms with E-state index in [2.05, 4.69) is 4.36 Å². The summed E-state index contributed by atoms with van der Waals surface area (Å²) in [7, 11) is -1.14. The van der Waals surface area contributed by atoms with Gasteiger partial charge in [-0.1, -0.05) is 0 Å². The molecule has 17 heavy (non-hydrogen) atoms. The van der Waals surface area contributed by atoms with Crippen LogP contribution in [-0.2, 0) is 21.7 Å². The van der Waals surface area contributed by atoms with Gasteiger partial charge in [0.05, 0.1) is 5.75 Å². The van der Waals surface area contributed by atoms with E-state index in [0.717, 1.165) is 12.3 Å². The van der Waals surface area contributed by atoms with Crippen molar-refractivity contribution in [2.75, 3.05) is 13.3 Å². The molecular weight excluding hydrogens is 257 g/mol. The second-order valence-electron chi connectivity index (χ2n) is 3.53. The van der Waals surface area contributed by atoms with Crippen LogP contribution in [0.3, 0.4) is 0 Å². The molecule has 0 aliphatic carbocycles. The minimum Gasteiger partial charge on any atom is -0.618 e. The molecule has 0 radical (unpaired) electrons. The highest BCUT2D eigenvalue weighted by Gasteiger charge is 2.39. The lowest BCUT2D eigenvalue weighted by Gasteiger charge is -2.09. The van der Waals surface area contributed by atoms with Crippen LogP contribution in [0, 0.1) is 5.21 Å². The number of nitrogens with zero attached hydrogens (tertiary/aromatic N) is 2. The van der Waals surface area contributed by atoms with Gasteiger partial charge in [-0.3, -0.25) is 0 Å². The molecule has 0 aliphatic rings. The summed E-state index contributed by atoms with van der Waals surface area (Å²) in [6.45, 7) is 0. The third-order valence-electron chi connectivity index (χ3n) is 2.09. The Hall–Kier alpha value is -1.31. The Bertz CT molecular complexity index is 534. The summed E-state index contributed by atoms with van der Waals surface area (Å²) in [4.78, 5) is 0. The SMILES string of the molecule is CN=S(C)(=O)Cc1ccc(C(F)(F)F)[n+]([O-])c1. The first-order chi connectivity index (χ1) is 7.65. The molecule has 4 nitrogen and oxygen atoms in total. The van der Waals surface area contributed by atoms with Crippen LogP contribution < -0.4 is 4.73 Å². The molecule has 1 unspecified atom stereocenters. The minimum absolute atomic E-state index is 0.0517. The van der Waals surface area contributed by atoms with Crippen LogP contribution in [0.25, 0.3) is 0 Å². The maximum absolute atomic E-state index is 12.3. The fourth-order valence-corrected chi connectivity index (χ4v) is 2.12. The quantitative estimate of drug-likeness (QED) is 0.604. The number of alkyl halides is 3. The topological polar surface area (TPSA) is 56.4 Å². The van der Waals surface area contributed by atoms with Crippen LogP contribution in [0.2, 0.25) is 0 Å². The van der Waals surface area contributed by atoms with Crippen molar-refractivity contribution in [3.63, 3.8) is 0 Å². The third-order valence-corrected chi connectivity index (χ3v) is 3.73. The van der Waals surface area contributed by atoms with E-state index in [-0.39, 0.29) is 16.0 Å². The van der Waals surface area contributed by atoms with Crippen LogP contribution in [-0.4, -0.2) is 17.5 Å². The summed E-state index contributed by atoms with van der Waals surface area (Å²) in [6.07, 6.45) is -2.54. The Morgan fingerprint density at radius 1 is 1.47 bits per heavy atom. The highest BCUT2D eigenvalue weighted by atomic mass is 32.2. The Labute approximate surface area is 96.8 Å². The summed E-state index contributed by atoms with van der Waals surface area (Å²) in [5.41, 5.74) is -1.04. The van der Waals surface area contributed by atoms with Gasteiger partial charge in [0.2, 0.25) is 0 Å². The Balaban J connectivity index is 3.11. The monoisotopic (exact) mass is 268 g/mol. The Kier molecular flexibility index (Phi) is 3.65. The number of hydrogen-bond donors (Lipinski definition) is 0. The molecule has 0 bridgehead atoms. The van der Waals surface area contributed by atoms with Gasteiger partial charge in [0.15, 0.2) is 6.20 Å². The second kappa shape index (κ2) is 4.52. The van der Waals surface area contributed by atoms with Crippen molar-refractivity contribution in [2.24, 2.45) is 4.36 Å². The molecule has 1 aromatic rings. The zero-order valence-corrected chi connectivity index (χ0v) is 10.0. The van der Waals surface area contributed by atoms with Crippen molar-refractivity contribution in [3.8, 4) is 0 Å². The van der Waals surface area contributed by atoms with Crippen LogP contribution in [0.4, 0.5) is 13.2 Å². The van der Waals surface area contributed by atoms with E-state index in [4.69, 9.17) is 0 Å². The molecule has 1 rings (SSSR count). The van der Waals surface area contributed by atoms with E-state index in [1.165, 1.54) is 13.3 Å². The fourth-order valence-electron chi connectivity index (χ4n) is 1.20. The lowest BCUT2D eigenvalue weighted by Crippen LogP contribution is -2.36. The van der Waals surface area contributed by atoms with Crippen LogP contribution in [0.5, 0.6) is 0 Å². The number of pyridine rings is 1. The minimum atomic E-state index is -4.69. The summed E-state index contributed by atoms with van der Waals surface area (Å²) in [5.74, 6) is -0.0517. The predicted molar refractivity (Wildman–Crippen MR) is 56.5 cm³/mol. The first-order valence-electron chi connectivity index (χ1n) is 4.53. The van der Waals surface area contributed by atoms with E-state index < -0.39 is 21.6 Å². The van der Waals surface area contributed by atoms with Gasteiger partial charge in [-0.05, 0) is 6.07 Å². The third kappa shape index (κ3) is 3.58. The molecule has 0 fully saturated rings. The van der Waals surface area contributed by atoms with Crippen molar-refractivity contribution in [2.45, 2.75) is 11.9 Å². The summed E-state index contributed by atoms with van der Waals surface area (Å²) >= 11 is 0. The summed E-state index contributed by atoms with van der Waals surface area (Å²) < 4.78 is 51.8. The predicted octanol–water partition coefficient (Wildman–Crippen LogP) is 1.57. The Morgan fingerprint density at radius 2 is 2.06 bits per heavy atom.